The van der Waals surface area contributed by atoms with E-state index in [1.54, 1.807) is 6.07 Å². The molecule has 0 N–H and O–H groups in total. The summed E-state index contributed by atoms with van der Waals surface area (Å²) in [5.74, 6) is 0.673. The fourth-order valence-corrected chi connectivity index (χ4v) is 2.00. The van der Waals surface area contributed by atoms with E-state index in [1.807, 2.05) is 42.1 Å². The first-order chi connectivity index (χ1) is 9.61. The Kier molecular flexibility index (Phi) is 4.56. The normalized spacial score (nSPS) is 10.8. The molecule has 0 fully saturated rings. The minimum absolute atomic E-state index is 0.0306. The van der Waals surface area contributed by atoms with Gasteiger partial charge >= 0.3 is 0 Å². The van der Waals surface area contributed by atoms with Crippen LogP contribution in [0.25, 0.3) is 0 Å². The van der Waals surface area contributed by atoms with Gasteiger partial charge < -0.3 is 4.74 Å². The third kappa shape index (κ3) is 3.26. The van der Waals surface area contributed by atoms with Crippen molar-refractivity contribution in [3.05, 3.63) is 47.8 Å². The van der Waals surface area contributed by atoms with Gasteiger partial charge in [0.05, 0.1) is 24.3 Å². The van der Waals surface area contributed by atoms with Crippen LogP contribution in [0, 0.1) is 0 Å². The van der Waals surface area contributed by atoms with Crippen LogP contribution in [0.3, 0.4) is 0 Å². The van der Waals surface area contributed by atoms with Crippen molar-refractivity contribution in [3.8, 4) is 5.75 Å². The van der Waals surface area contributed by atoms with E-state index in [0.29, 0.717) is 30.4 Å². The van der Waals surface area contributed by atoms with Crippen molar-refractivity contribution >= 4 is 5.78 Å². The van der Waals surface area contributed by atoms with Crippen molar-refractivity contribution in [2.75, 3.05) is 6.61 Å². The molecule has 0 unspecified atom stereocenters. The van der Waals surface area contributed by atoms with Crippen LogP contribution < -0.4 is 4.74 Å². The van der Waals surface area contributed by atoms with E-state index >= 15 is 0 Å². The Morgan fingerprint density at radius 3 is 2.70 bits per heavy atom. The molecule has 1 aromatic carbocycles. The van der Waals surface area contributed by atoms with Gasteiger partial charge in [0.2, 0.25) is 0 Å². The molecular formula is C16H20N2O2. The number of hydrogen-bond acceptors (Lipinski definition) is 3. The number of carbonyl (C=O) groups excluding carboxylic acids is 1. The van der Waals surface area contributed by atoms with E-state index in [4.69, 9.17) is 4.74 Å². The second kappa shape index (κ2) is 6.37. The van der Waals surface area contributed by atoms with Crippen molar-refractivity contribution in [1.82, 2.24) is 9.78 Å². The topological polar surface area (TPSA) is 44.1 Å². The number of hydrogen-bond donors (Lipinski definition) is 0. The molecule has 0 aliphatic heterocycles. The van der Waals surface area contributed by atoms with Crippen molar-refractivity contribution in [2.24, 2.45) is 0 Å². The minimum atomic E-state index is 0.0306. The van der Waals surface area contributed by atoms with Crippen molar-refractivity contribution < 1.29 is 9.53 Å². The number of ether oxygens (including phenoxy) is 1. The quantitative estimate of drug-likeness (QED) is 0.758. The monoisotopic (exact) mass is 272 g/mol. The minimum Gasteiger partial charge on any atom is -0.493 e. The van der Waals surface area contributed by atoms with E-state index < -0.39 is 0 Å². The summed E-state index contributed by atoms with van der Waals surface area (Å²) in [6.07, 6.45) is 2.20. The van der Waals surface area contributed by atoms with Crippen LogP contribution >= 0.6 is 0 Å². The molecule has 0 saturated carbocycles. The molecule has 0 radical (unpaired) electrons. The maximum atomic E-state index is 12.4. The third-order valence-corrected chi connectivity index (χ3v) is 3.02. The molecule has 4 nitrogen and oxygen atoms in total. The Labute approximate surface area is 119 Å². The van der Waals surface area contributed by atoms with Gasteiger partial charge in [0.25, 0.3) is 0 Å². The second-order valence-corrected chi connectivity index (χ2v) is 4.91. The van der Waals surface area contributed by atoms with Gasteiger partial charge in [-0.05, 0) is 39.0 Å². The van der Waals surface area contributed by atoms with Gasteiger partial charge in [-0.1, -0.05) is 12.1 Å². The molecule has 20 heavy (non-hydrogen) atoms. The van der Waals surface area contributed by atoms with Gasteiger partial charge in [0.15, 0.2) is 5.78 Å². The zero-order chi connectivity index (χ0) is 14.5. The summed E-state index contributed by atoms with van der Waals surface area (Å²) >= 11 is 0. The molecule has 2 rings (SSSR count). The molecule has 1 aromatic heterocycles. The molecule has 0 atom stereocenters. The number of ketones is 1. The van der Waals surface area contributed by atoms with Crippen LogP contribution in [-0.2, 0) is 6.42 Å². The van der Waals surface area contributed by atoms with Crippen molar-refractivity contribution in [1.29, 1.82) is 0 Å². The maximum Gasteiger partial charge on any atom is 0.172 e. The Balaban J connectivity index is 2.15. The number of carbonyl (C=O) groups is 1. The summed E-state index contributed by atoms with van der Waals surface area (Å²) in [7, 11) is 0. The van der Waals surface area contributed by atoms with Gasteiger partial charge in [-0.2, -0.15) is 5.10 Å². The predicted octanol–water partition coefficient (Wildman–Crippen LogP) is 3.29. The average Bonchev–Trinajstić information content (AvgIpc) is 2.88. The second-order valence-electron chi connectivity index (χ2n) is 4.91. The lowest BCUT2D eigenvalue weighted by atomic mass is 10.1. The van der Waals surface area contributed by atoms with E-state index in [1.165, 1.54) is 0 Å². The summed E-state index contributed by atoms with van der Waals surface area (Å²) < 4.78 is 7.35. The largest absolute Gasteiger partial charge is 0.493 e. The lowest BCUT2D eigenvalue weighted by molar-refractivity contribution is 0.0988. The smallest absolute Gasteiger partial charge is 0.172 e. The predicted molar refractivity (Wildman–Crippen MR) is 78.3 cm³/mol. The van der Waals surface area contributed by atoms with Crippen LogP contribution in [0.5, 0.6) is 5.75 Å². The number of nitrogens with zero attached hydrogens (tertiary/aromatic N) is 2. The first-order valence-electron chi connectivity index (χ1n) is 6.91. The van der Waals surface area contributed by atoms with E-state index in [-0.39, 0.29) is 5.78 Å². The Morgan fingerprint density at radius 1 is 1.30 bits per heavy atom. The van der Waals surface area contributed by atoms with Gasteiger partial charge in [-0.3, -0.25) is 9.48 Å². The van der Waals surface area contributed by atoms with Crippen LogP contribution in [-0.4, -0.2) is 22.2 Å². The van der Waals surface area contributed by atoms with E-state index in [9.17, 15) is 4.79 Å². The van der Waals surface area contributed by atoms with E-state index in [0.717, 1.165) is 5.69 Å². The number of para-hydroxylation sites is 1. The molecule has 2 aromatic rings. The Hall–Kier alpha value is -2.10. The summed E-state index contributed by atoms with van der Waals surface area (Å²) in [6, 6.07) is 9.53. The molecular weight excluding hydrogens is 252 g/mol. The molecule has 0 amide bonds. The highest BCUT2D eigenvalue weighted by Gasteiger charge is 2.14. The molecule has 0 aliphatic rings. The fourth-order valence-electron chi connectivity index (χ4n) is 2.00. The highest BCUT2D eigenvalue weighted by atomic mass is 16.5. The van der Waals surface area contributed by atoms with E-state index in [2.05, 4.69) is 18.9 Å². The number of benzene rings is 1. The molecule has 4 heteroatoms. The highest BCUT2D eigenvalue weighted by Crippen LogP contribution is 2.20. The Bertz CT molecular complexity index is 588. The zero-order valence-corrected chi connectivity index (χ0v) is 12.2. The maximum absolute atomic E-state index is 12.4. The van der Waals surface area contributed by atoms with Crippen LogP contribution in [0.2, 0.25) is 0 Å². The first-order valence-corrected chi connectivity index (χ1v) is 6.91. The summed E-state index contributed by atoms with van der Waals surface area (Å²) in [5, 5.41) is 4.41. The van der Waals surface area contributed by atoms with Gasteiger partial charge in [0.1, 0.15) is 5.75 Å². The zero-order valence-electron chi connectivity index (χ0n) is 12.2. The average molecular weight is 272 g/mol. The standard InChI is InChI=1S/C16H20N2O2/c1-4-20-16-8-6-5-7-14(16)15(19)11-13-9-10-18(17-13)12(2)3/h5-10,12H,4,11H2,1-3H3. The van der Waals surface area contributed by atoms with Gasteiger partial charge in [0, 0.05) is 12.2 Å². The Morgan fingerprint density at radius 2 is 2.05 bits per heavy atom. The van der Waals surface area contributed by atoms with Crippen LogP contribution in [0.1, 0.15) is 42.9 Å². The molecule has 106 valence electrons. The lowest BCUT2D eigenvalue weighted by Gasteiger charge is -2.08. The number of Topliss-reactive ketones (excluding diaryl/α,β-unsaturated/α-hetero) is 1. The molecule has 1 heterocycles. The molecule has 0 saturated heterocycles. The van der Waals surface area contributed by atoms with Crippen molar-refractivity contribution in [2.45, 2.75) is 33.2 Å². The lowest BCUT2D eigenvalue weighted by Crippen LogP contribution is -2.08. The van der Waals surface area contributed by atoms with Crippen LogP contribution in [0.15, 0.2) is 36.5 Å². The summed E-state index contributed by atoms with van der Waals surface area (Å²) in [4.78, 5) is 12.4. The highest BCUT2D eigenvalue weighted by molar-refractivity contribution is 5.99. The number of aromatic nitrogens is 2. The molecule has 0 aliphatic carbocycles. The third-order valence-electron chi connectivity index (χ3n) is 3.02. The van der Waals surface area contributed by atoms with Crippen molar-refractivity contribution in [3.63, 3.8) is 0 Å². The number of rotatable bonds is 6. The SMILES string of the molecule is CCOc1ccccc1C(=O)Cc1ccn(C(C)C)n1. The van der Waals surface area contributed by atoms with Crippen LogP contribution in [0.4, 0.5) is 0 Å². The molecule has 0 spiro atoms. The van der Waals surface area contributed by atoms with Gasteiger partial charge in [-0.25, -0.2) is 0 Å². The first kappa shape index (κ1) is 14.3. The summed E-state index contributed by atoms with van der Waals surface area (Å²) in [5.41, 5.74) is 1.41. The summed E-state index contributed by atoms with van der Waals surface area (Å²) in [6.45, 7) is 6.57. The van der Waals surface area contributed by atoms with Gasteiger partial charge in [-0.15, -0.1) is 0 Å². The fraction of sp³-hybridized carbons (Fsp3) is 0.375. The molecule has 0 bridgehead atoms.